The third kappa shape index (κ3) is 4.91. The van der Waals surface area contributed by atoms with E-state index in [9.17, 15) is 14.4 Å². The van der Waals surface area contributed by atoms with E-state index >= 15 is 0 Å². The molecule has 9 heteroatoms. The number of ether oxygens (including phenoxy) is 1. The minimum Gasteiger partial charge on any atom is -0.482 e. The molecule has 0 radical (unpaired) electrons. The summed E-state index contributed by atoms with van der Waals surface area (Å²) in [7, 11) is 0. The normalized spacial score (nSPS) is 13.9. The van der Waals surface area contributed by atoms with Crippen LogP contribution in [0.1, 0.15) is 42.6 Å². The molecule has 1 aliphatic heterocycles. The number of aromatic amines is 1. The third-order valence-electron chi connectivity index (χ3n) is 6.47. The second-order valence-corrected chi connectivity index (χ2v) is 11.6. The Labute approximate surface area is 228 Å². The predicted molar refractivity (Wildman–Crippen MR) is 154 cm³/mol. The van der Waals surface area contributed by atoms with Crippen LogP contribution in [-0.4, -0.2) is 40.1 Å². The molecule has 3 heterocycles. The molecule has 1 amide bonds. The number of carbonyl (C=O) groups excluding carboxylic acids is 2. The van der Waals surface area contributed by atoms with Crippen molar-refractivity contribution in [2.75, 3.05) is 18.1 Å². The number of H-pyrrole nitrogens is 1. The summed E-state index contributed by atoms with van der Waals surface area (Å²) in [6, 6.07) is 13.3. The quantitative estimate of drug-likeness (QED) is 0.125. The second kappa shape index (κ2) is 10.6. The van der Waals surface area contributed by atoms with Crippen molar-refractivity contribution in [3.05, 3.63) is 82.0 Å². The van der Waals surface area contributed by atoms with Gasteiger partial charge in [0.25, 0.3) is 11.5 Å². The van der Waals surface area contributed by atoms with Crippen molar-refractivity contribution < 1.29 is 14.3 Å². The Morgan fingerprint density at radius 3 is 2.68 bits per heavy atom. The molecule has 1 N–H and O–H groups in total. The molecule has 7 nitrogen and oxygen atoms in total. The summed E-state index contributed by atoms with van der Waals surface area (Å²) in [4.78, 5) is 48.4. The van der Waals surface area contributed by atoms with Gasteiger partial charge in [-0.1, -0.05) is 56.0 Å². The second-order valence-electron chi connectivity index (χ2n) is 9.37. The largest absolute Gasteiger partial charge is 0.482 e. The monoisotopic (exact) mass is 545 g/mol. The number of nitrogens with one attached hydrogen (secondary N) is 1. The predicted octanol–water partition coefficient (Wildman–Crippen LogP) is 6.05. The number of thiophene rings is 1. The molecule has 1 unspecified atom stereocenters. The fourth-order valence-electron chi connectivity index (χ4n) is 4.39. The molecule has 194 valence electrons. The summed E-state index contributed by atoms with van der Waals surface area (Å²) in [5.41, 5.74) is 3.82. The highest BCUT2D eigenvalue weighted by Crippen LogP contribution is 2.35. The minimum atomic E-state index is -0.523. The first-order valence-electron chi connectivity index (χ1n) is 12.3. The Kier molecular flexibility index (Phi) is 7.23. The fraction of sp³-hybridized carbons (Fsp3) is 0.241. The van der Waals surface area contributed by atoms with Crippen LogP contribution in [-0.2, 0) is 4.79 Å². The number of aromatic nitrogens is 2. The van der Waals surface area contributed by atoms with Crippen molar-refractivity contribution in [2.24, 2.45) is 0 Å². The maximum Gasteiger partial charge on any atom is 0.265 e. The molecule has 0 saturated carbocycles. The van der Waals surface area contributed by atoms with E-state index in [4.69, 9.17) is 4.74 Å². The number of fused-ring (bicyclic) bond motifs is 2. The number of anilines is 1. The Balaban J connectivity index is 1.38. The lowest BCUT2D eigenvalue weighted by molar-refractivity contribution is -0.121. The highest BCUT2D eigenvalue weighted by molar-refractivity contribution is 8.00. The van der Waals surface area contributed by atoms with E-state index in [-0.39, 0.29) is 23.9 Å². The Bertz CT molecular complexity index is 1600. The third-order valence-corrected chi connectivity index (χ3v) is 8.32. The zero-order valence-corrected chi connectivity index (χ0v) is 22.9. The summed E-state index contributed by atoms with van der Waals surface area (Å²) < 4.78 is 5.52. The van der Waals surface area contributed by atoms with Gasteiger partial charge in [0.05, 0.1) is 16.3 Å². The highest BCUT2D eigenvalue weighted by Gasteiger charge is 2.27. The standard InChI is InChI=1S/C29H27N3O4S2/c1-5-12-32-22-13-20(10-11-23(22)36-14-24(32)33)26(34)17(4)38-29-30-27(35)25-21(15-37-28(25)31-29)19-8-6-18(7-9-19)16(2)3/h5-11,13,15-17H,1,12,14H2,2-4H3,(H,30,31,35). The van der Waals surface area contributed by atoms with Gasteiger partial charge in [-0.3, -0.25) is 14.4 Å². The molecule has 0 saturated heterocycles. The number of carbonyl (C=O) groups is 2. The van der Waals surface area contributed by atoms with Crippen molar-refractivity contribution in [2.45, 2.75) is 37.1 Å². The average molecular weight is 546 g/mol. The summed E-state index contributed by atoms with van der Waals surface area (Å²) in [5, 5.41) is 2.37. The summed E-state index contributed by atoms with van der Waals surface area (Å²) in [6.07, 6.45) is 1.63. The molecule has 0 bridgehead atoms. The molecule has 2 aromatic carbocycles. The van der Waals surface area contributed by atoms with Crippen LogP contribution in [0.2, 0.25) is 0 Å². The van der Waals surface area contributed by atoms with Crippen molar-refractivity contribution >= 4 is 50.7 Å². The molecule has 1 aliphatic rings. The maximum absolute atomic E-state index is 13.3. The van der Waals surface area contributed by atoms with Crippen molar-refractivity contribution in [3.8, 4) is 16.9 Å². The Hall–Kier alpha value is -3.69. The molecule has 0 aliphatic carbocycles. The van der Waals surface area contributed by atoms with E-state index in [2.05, 4.69) is 42.5 Å². The van der Waals surface area contributed by atoms with E-state index in [0.29, 0.717) is 44.8 Å². The zero-order valence-electron chi connectivity index (χ0n) is 21.3. The van der Waals surface area contributed by atoms with Crippen LogP contribution in [0.15, 0.2) is 70.5 Å². The number of thioether (sulfide) groups is 1. The minimum absolute atomic E-state index is 0.0460. The summed E-state index contributed by atoms with van der Waals surface area (Å²) >= 11 is 2.61. The SMILES string of the molecule is C=CCN1C(=O)COc2ccc(C(=O)C(C)Sc3nc4scc(-c5ccc(C(C)C)cc5)c4c(=O)[nH]3)cc21. The van der Waals surface area contributed by atoms with Gasteiger partial charge in [0, 0.05) is 23.1 Å². The first kappa shape index (κ1) is 25.9. The lowest BCUT2D eigenvalue weighted by Crippen LogP contribution is -2.39. The van der Waals surface area contributed by atoms with Crippen LogP contribution in [0.25, 0.3) is 21.3 Å². The maximum atomic E-state index is 13.3. The van der Waals surface area contributed by atoms with Crippen molar-refractivity contribution in [1.82, 2.24) is 9.97 Å². The van der Waals surface area contributed by atoms with Gasteiger partial charge in [-0.15, -0.1) is 17.9 Å². The first-order valence-corrected chi connectivity index (χ1v) is 14.0. The molecular formula is C29H27N3O4S2. The van der Waals surface area contributed by atoms with Gasteiger partial charge in [0.2, 0.25) is 0 Å². The van der Waals surface area contributed by atoms with E-state index in [1.807, 2.05) is 17.5 Å². The molecular weight excluding hydrogens is 518 g/mol. The van der Waals surface area contributed by atoms with Gasteiger partial charge < -0.3 is 14.6 Å². The van der Waals surface area contributed by atoms with Gasteiger partial charge in [0.15, 0.2) is 17.5 Å². The number of hydrogen-bond donors (Lipinski definition) is 1. The topological polar surface area (TPSA) is 92.4 Å². The number of rotatable bonds is 8. The van der Waals surface area contributed by atoms with Crippen LogP contribution in [0, 0.1) is 0 Å². The number of benzene rings is 2. The van der Waals surface area contributed by atoms with Crippen LogP contribution in [0.3, 0.4) is 0 Å². The molecule has 0 spiro atoms. The van der Waals surface area contributed by atoms with E-state index in [0.717, 1.165) is 11.1 Å². The van der Waals surface area contributed by atoms with Gasteiger partial charge >= 0.3 is 0 Å². The highest BCUT2D eigenvalue weighted by atomic mass is 32.2. The number of ketones is 1. The van der Waals surface area contributed by atoms with Gasteiger partial charge in [-0.2, -0.15) is 0 Å². The molecule has 5 rings (SSSR count). The van der Waals surface area contributed by atoms with E-state index in [1.54, 1.807) is 36.1 Å². The van der Waals surface area contributed by atoms with Crippen LogP contribution in [0.4, 0.5) is 5.69 Å². The van der Waals surface area contributed by atoms with Crippen LogP contribution >= 0.6 is 23.1 Å². The van der Waals surface area contributed by atoms with Crippen molar-refractivity contribution in [3.63, 3.8) is 0 Å². The summed E-state index contributed by atoms with van der Waals surface area (Å²) in [6.45, 7) is 10.1. The molecule has 2 aromatic heterocycles. The zero-order chi connectivity index (χ0) is 27.0. The lowest BCUT2D eigenvalue weighted by atomic mass is 9.99. The summed E-state index contributed by atoms with van der Waals surface area (Å²) in [5.74, 6) is 0.646. The Morgan fingerprint density at radius 2 is 1.97 bits per heavy atom. The lowest BCUT2D eigenvalue weighted by Gasteiger charge is -2.29. The van der Waals surface area contributed by atoms with Crippen molar-refractivity contribution in [1.29, 1.82) is 0 Å². The Morgan fingerprint density at radius 1 is 1.21 bits per heavy atom. The van der Waals surface area contributed by atoms with Gasteiger partial charge in [-0.05, 0) is 42.2 Å². The number of hydrogen-bond acceptors (Lipinski definition) is 7. The fourth-order valence-corrected chi connectivity index (χ4v) is 6.26. The van der Waals surface area contributed by atoms with E-state index in [1.165, 1.54) is 28.7 Å². The smallest absolute Gasteiger partial charge is 0.265 e. The molecule has 1 atom stereocenters. The van der Waals surface area contributed by atoms with Crippen LogP contribution < -0.4 is 15.2 Å². The van der Waals surface area contributed by atoms with Crippen LogP contribution in [0.5, 0.6) is 5.75 Å². The van der Waals surface area contributed by atoms with Gasteiger partial charge in [0.1, 0.15) is 10.6 Å². The number of Topliss-reactive ketones (excluding diaryl/α,β-unsaturated/α-hetero) is 1. The molecule has 38 heavy (non-hydrogen) atoms. The first-order chi connectivity index (χ1) is 18.3. The molecule has 0 fully saturated rings. The number of nitrogens with zero attached hydrogens (tertiary/aromatic N) is 2. The number of amides is 1. The molecule has 4 aromatic rings. The average Bonchev–Trinajstić information content (AvgIpc) is 3.34. The van der Waals surface area contributed by atoms with Gasteiger partial charge in [-0.25, -0.2) is 4.98 Å². The van der Waals surface area contributed by atoms with E-state index < -0.39 is 5.25 Å².